The molecule has 0 aliphatic carbocycles. The lowest BCUT2D eigenvalue weighted by atomic mass is 9.88. The first kappa shape index (κ1) is 19.2. The highest BCUT2D eigenvalue weighted by Gasteiger charge is 2.21. The largest absolute Gasteiger partial charge is 0.297 e. The fourth-order valence-corrected chi connectivity index (χ4v) is 4.26. The van der Waals surface area contributed by atoms with Crippen molar-refractivity contribution in [2.45, 2.75) is 64.9 Å². The van der Waals surface area contributed by atoms with Gasteiger partial charge in [-0.25, -0.2) is 0 Å². The van der Waals surface area contributed by atoms with Gasteiger partial charge in [-0.2, -0.15) is 8.42 Å². The molecule has 1 aromatic rings. The third kappa shape index (κ3) is 6.93. The minimum Gasteiger partial charge on any atom is -0.263 e. The molecular weight excluding hydrogens is 296 g/mol. The molecule has 1 aromatic carbocycles. The predicted octanol–water partition coefficient (Wildman–Crippen LogP) is 4.88. The van der Waals surface area contributed by atoms with E-state index in [1.807, 2.05) is 6.92 Å². The van der Waals surface area contributed by atoms with Crippen molar-refractivity contribution in [2.24, 2.45) is 17.8 Å². The molecule has 0 aliphatic rings. The van der Waals surface area contributed by atoms with E-state index >= 15 is 0 Å². The minimum atomic E-state index is -3.65. The van der Waals surface area contributed by atoms with E-state index in [1.165, 1.54) is 6.42 Å². The van der Waals surface area contributed by atoms with Crippen molar-refractivity contribution >= 4 is 10.1 Å². The van der Waals surface area contributed by atoms with Gasteiger partial charge in [0.25, 0.3) is 10.1 Å². The van der Waals surface area contributed by atoms with Crippen molar-refractivity contribution < 1.29 is 12.6 Å². The second-order valence-electron chi connectivity index (χ2n) is 6.99. The second kappa shape index (κ2) is 8.68. The SMILES string of the molecule is CC(C)CC(C)CC(C)CC(C)OS(=O)(=O)c1ccccc1. The summed E-state index contributed by atoms with van der Waals surface area (Å²) in [5.74, 6) is 1.82. The molecule has 0 aliphatic heterocycles. The molecule has 0 saturated carbocycles. The summed E-state index contributed by atoms with van der Waals surface area (Å²) in [5.41, 5.74) is 0. The number of rotatable bonds is 9. The van der Waals surface area contributed by atoms with E-state index in [-0.39, 0.29) is 11.0 Å². The standard InChI is InChI=1S/C18H30O3S/c1-14(2)11-15(3)12-16(4)13-17(5)21-22(19,20)18-9-7-6-8-10-18/h6-10,14-17H,11-13H2,1-5H3. The van der Waals surface area contributed by atoms with E-state index in [1.54, 1.807) is 30.3 Å². The minimum absolute atomic E-state index is 0.225. The molecule has 22 heavy (non-hydrogen) atoms. The van der Waals surface area contributed by atoms with Gasteiger partial charge in [-0.1, -0.05) is 45.9 Å². The lowest BCUT2D eigenvalue weighted by Gasteiger charge is -2.21. The summed E-state index contributed by atoms with van der Waals surface area (Å²) in [5, 5.41) is 0. The van der Waals surface area contributed by atoms with Gasteiger partial charge in [0.05, 0.1) is 11.0 Å². The number of hydrogen-bond donors (Lipinski definition) is 0. The molecule has 0 heterocycles. The van der Waals surface area contributed by atoms with Gasteiger partial charge in [0.15, 0.2) is 0 Å². The third-order valence-corrected chi connectivity index (χ3v) is 5.17. The number of hydrogen-bond acceptors (Lipinski definition) is 3. The van der Waals surface area contributed by atoms with Crippen LogP contribution in [0.5, 0.6) is 0 Å². The van der Waals surface area contributed by atoms with E-state index in [0.29, 0.717) is 17.8 Å². The van der Waals surface area contributed by atoms with Crippen LogP contribution in [0.1, 0.15) is 53.9 Å². The summed E-state index contributed by atoms with van der Waals surface area (Å²) in [6.07, 6.45) is 2.78. The van der Waals surface area contributed by atoms with Crippen LogP contribution in [0.2, 0.25) is 0 Å². The molecule has 4 heteroatoms. The fraction of sp³-hybridized carbons (Fsp3) is 0.667. The Bertz CT molecular complexity index is 523. The van der Waals surface area contributed by atoms with Crippen LogP contribution in [0.3, 0.4) is 0 Å². The van der Waals surface area contributed by atoms with Gasteiger partial charge in [0.1, 0.15) is 0 Å². The summed E-state index contributed by atoms with van der Waals surface area (Å²) in [7, 11) is -3.65. The monoisotopic (exact) mass is 326 g/mol. The van der Waals surface area contributed by atoms with Crippen LogP contribution in [-0.4, -0.2) is 14.5 Å². The summed E-state index contributed by atoms with van der Waals surface area (Å²) in [6.45, 7) is 10.7. The molecule has 3 unspecified atom stereocenters. The van der Waals surface area contributed by atoms with Crippen LogP contribution in [0.15, 0.2) is 35.2 Å². The molecule has 3 atom stereocenters. The Morgan fingerprint density at radius 2 is 1.41 bits per heavy atom. The molecule has 0 saturated heterocycles. The van der Waals surface area contributed by atoms with Crippen LogP contribution in [0.25, 0.3) is 0 Å². The zero-order valence-electron chi connectivity index (χ0n) is 14.5. The summed E-state index contributed by atoms with van der Waals surface area (Å²) >= 11 is 0. The van der Waals surface area contributed by atoms with Crippen LogP contribution in [-0.2, 0) is 14.3 Å². The van der Waals surface area contributed by atoms with Gasteiger partial charge in [-0.3, -0.25) is 4.18 Å². The Morgan fingerprint density at radius 1 is 0.864 bits per heavy atom. The first-order valence-corrected chi connectivity index (χ1v) is 9.59. The Kier molecular flexibility index (Phi) is 7.57. The van der Waals surface area contributed by atoms with Crippen molar-refractivity contribution in [3.63, 3.8) is 0 Å². The van der Waals surface area contributed by atoms with E-state index in [4.69, 9.17) is 4.18 Å². The first-order valence-electron chi connectivity index (χ1n) is 8.19. The maximum Gasteiger partial charge on any atom is 0.297 e. The van der Waals surface area contributed by atoms with Gasteiger partial charge in [-0.05, 0) is 56.1 Å². The highest BCUT2D eigenvalue weighted by Crippen LogP contribution is 2.24. The zero-order valence-corrected chi connectivity index (χ0v) is 15.3. The molecule has 3 nitrogen and oxygen atoms in total. The predicted molar refractivity (Wildman–Crippen MR) is 91.2 cm³/mol. The highest BCUT2D eigenvalue weighted by molar-refractivity contribution is 7.86. The maximum atomic E-state index is 12.2. The van der Waals surface area contributed by atoms with E-state index < -0.39 is 10.1 Å². The third-order valence-electron chi connectivity index (χ3n) is 3.74. The smallest absolute Gasteiger partial charge is 0.263 e. The molecule has 0 N–H and O–H groups in total. The summed E-state index contributed by atoms with van der Waals surface area (Å²) in [6, 6.07) is 8.33. The van der Waals surface area contributed by atoms with Gasteiger partial charge >= 0.3 is 0 Å². The van der Waals surface area contributed by atoms with E-state index in [2.05, 4.69) is 27.7 Å². The van der Waals surface area contributed by atoms with E-state index in [0.717, 1.165) is 12.8 Å². The fourth-order valence-electron chi connectivity index (χ4n) is 3.15. The highest BCUT2D eigenvalue weighted by atomic mass is 32.2. The topological polar surface area (TPSA) is 43.4 Å². The van der Waals surface area contributed by atoms with Gasteiger partial charge in [-0.15, -0.1) is 0 Å². The lowest BCUT2D eigenvalue weighted by Crippen LogP contribution is -2.19. The van der Waals surface area contributed by atoms with Crippen molar-refractivity contribution in [3.8, 4) is 0 Å². The molecule has 0 bridgehead atoms. The maximum absolute atomic E-state index is 12.2. The van der Waals surface area contributed by atoms with Crippen molar-refractivity contribution in [1.82, 2.24) is 0 Å². The van der Waals surface area contributed by atoms with Crippen molar-refractivity contribution in [1.29, 1.82) is 0 Å². The summed E-state index contributed by atoms with van der Waals surface area (Å²) < 4.78 is 29.7. The van der Waals surface area contributed by atoms with Crippen molar-refractivity contribution in [2.75, 3.05) is 0 Å². The van der Waals surface area contributed by atoms with Crippen LogP contribution in [0, 0.1) is 17.8 Å². The molecule has 126 valence electrons. The quantitative estimate of drug-likeness (QED) is 0.607. The average Bonchev–Trinajstić information content (AvgIpc) is 2.37. The Hall–Kier alpha value is -0.870. The van der Waals surface area contributed by atoms with Crippen LogP contribution < -0.4 is 0 Å². The van der Waals surface area contributed by atoms with E-state index in [9.17, 15) is 8.42 Å². The van der Waals surface area contributed by atoms with Gasteiger partial charge in [0, 0.05) is 0 Å². The van der Waals surface area contributed by atoms with Gasteiger partial charge < -0.3 is 0 Å². The van der Waals surface area contributed by atoms with Gasteiger partial charge in [0.2, 0.25) is 0 Å². The molecular formula is C18H30O3S. The molecule has 0 amide bonds. The lowest BCUT2D eigenvalue weighted by molar-refractivity contribution is 0.185. The number of benzene rings is 1. The molecule has 0 radical (unpaired) electrons. The molecule has 0 spiro atoms. The van der Waals surface area contributed by atoms with Crippen LogP contribution >= 0.6 is 0 Å². The zero-order chi connectivity index (χ0) is 16.8. The molecule has 0 aromatic heterocycles. The molecule has 1 rings (SSSR count). The normalized spacial score (nSPS) is 16.5. The van der Waals surface area contributed by atoms with Crippen LogP contribution in [0.4, 0.5) is 0 Å². The second-order valence-corrected chi connectivity index (χ2v) is 8.56. The Morgan fingerprint density at radius 3 is 1.95 bits per heavy atom. The summed E-state index contributed by atoms with van der Waals surface area (Å²) in [4.78, 5) is 0.225. The van der Waals surface area contributed by atoms with Crippen molar-refractivity contribution in [3.05, 3.63) is 30.3 Å². The first-order chi connectivity index (χ1) is 10.2. The Balaban J connectivity index is 2.50. The Labute approximate surface area is 136 Å². The average molecular weight is 327 g/mol. The molecule has 0 fully saturated rings.